The molecule has 0 saturated carbocycles. The Hall–Kier alpha value is -3.60. The molecule has 10 nitrogen and oxygen atoms in total. The second kappa shape index (κ2) is 6.78. The van der Waals surface area contributed by atoms with E-state index >= 15 is 0 Å². The molecule has 29 heavy (non-hydrogen) atoms. The highest BCUT2D eigenvalue weighted by atomic mass is 32.1. The van der Waals surface area contributed by atoms with Crippen LogP contribution in [0.25, 0.3) is 15.5 Å². The summed E-state index contributed by atoms with van der Waals surface area (Å²) in [6.45, 7) is 3.71. The van der Waals surface area contributed by atoms with Gasteiger partial charge in [-0.05, 0) is 25.5 Å². The molecule has 0 aliphatic rings. The normalized spacial score (nSPS) is 11.7. The van der Waals surface area contributed by atoms with Gasteiger partial charge < -0.3 is 5.11 Å². The van der Waals surface area contributed by atoms with E-state index < -0.39 is 17.1 Å². The van der Waals surface area contributed by atoms with Crippen molar-refractivity contribution in [2.24, 2.45) is 19.1 Å². The summed E-state index contributed by atoms with van der Waals surface area (Å²) in [6.07, 6.45) is 1.27. The minimum absolute atomic E-state index is 0.0613. The molecule has 0 unspecified atom stereocenters. The minimum atomic E-state index is -0.618. The third-order valence-corrected chi connectivity index (χ3v) is 5.55. The van der Waals surface area contributed by atoms with Crippen molar-refractivity contribution in [1.29, 1.82) is 0 Å². The zero-order valence-corrected chi connectivity index (χ0v) is 16.9. The van der Waals surface area contributed by atoms with E-state index in [1.165, 1.54) is 31.6 Å². The van der Waals surface area contributed by atoms with E-state index in [1.807, 2.05) is 32.0 Å². The van der Waals surface area contributed by atoms with Crippen molar-refractivity contribution in [2.45, 2.75) is 13.8 Å². The van der Waals surface area contributed by atoms with Gasteiger partial charge in [0.2, 0.25) is 10.8 Å². The van der Waals surface area contributed by atoms with Gasteiger partial charge in [-0.3, -0.25) is 18.9 Å². The van der Waals surface area contributed by atoms with Gasteiger partial charge in [0.1, 0.15) is 10.6 Å². The smallest absolute Gasteiger partial charge is 0.333 e. The average molecular weight is 411 g/mol. The molecule has 0 atom stereocenters. The molecule has 4 aromatic rings. The lowest BCUT2D eigenvalue weighted by Gasteiger charge is -2.07. The van der Waals surface area contributed by atoms with Crippen molar-refractivity contribution in [3.63, 3.8) is 0 Å². The number of aromatic nitrogens is 6. The Balaban J connectivity index is 1.78. The summed E-state index contributed by atoms with van der Waals surface area (Å²) in [5.41, 5.74) is 1.04. The maximum atomic E-state index is 12.3. The van der Waals surface area contributed by atoms with Gasteiger partial charge in [-0.2, -0.15) is 9.61 Å². The summed E-state index contributed by atoms with van der Waals surface area (Å²) in [7, 11) is 2.74. The van der Waals surface area contributed by atoms with Crippen molar-refractivity contribution in [2.75, 3.05) is 0 Å². The molecule has 3 heterocycles. The molecule has 0 spiro atoms. The van der Waals surface area contributed by atoms with E-state index in [0.717, 1.165) is 25.3 Å². The predicted molar refractivity (Wildman–Crippen MR) is 109 cm³/mol. The van der Waals surface area contributed by atoms with Gasteiger partial charge in [-0.15, -0.1) is 10.2 Å². The Labute approximate surface area is 168 Å². The number of aliphatic imine (C=N–C) groups is 1. The summed E-state index contributed by atoms with van der Waals surface area (Å²) in [6, 6.07) is 5.67. The fraction of sp³-hybridized carbons (Fsp3) is 0.222. The Morgan fingerprint density at radius 2 is 1.90 bits per heavy atom. The van der Waals surface area contributed by atoms with Crippen LogP contribution in [0.1, 0.15) is 17.0 Å². The summed E-state index contributed by atoms with van der Waals surface area (Å²) in [4.78, 5) is 29.3. The van der Waals surface area contributed by atoms with Crippen LogP contribution in [0.15, 0.2) is 32.8 Å². The minimum Gasteiger partial charge on any atom is -0.494 e. The zero-order valence-electron chi connectivity index (χ0n) is 16.1. The molecule has 0 radical (unpaired) electrons. The molecule has 0 aliphatic carbocycles. The van der Waals surface area contributed by atoms with Crippen molar-refractivity contribution in [3.8, 4) is 16.5 Å². The Bertz CT molecular complexity index is 1410. The molecule has 1 aromatic carbocycles. The second-order valence-electron chi connectivity index (χ2n) is 6.55. The maximum absolute atomic E-state index is 12.3. The zero-order chi connectivity index (χ0) is 20.9. The van der Waals surface area contributed by atoms with Gasteiger partial charge >= 0.3 is 5.69 Å². The van der Waals surface area contributed by atoms with Crippen LogP contribution in [-0.4, -0.2) is 40.3 Å². The number of hydrogen-bond donors (Lipinski definition) is 1. The summed E-state index contributed by atoms with van der Waals surface area (Å²) >= 11 is 1.41. The van der Waals surface area contributed by atoms with Crippen molar-refractivity contribution < 1.29 is 5.11 Å². The highest BCUT2D eigenvalue weighted by Gasteiger charge is 2.14. The largest absolute Gasteiger partial charge is 0.494 e. The van der Waals surface area contributed by atoms with E-state index in [-0.39, 0.29) is 5.56 Å². The standard InChI is InChI=1S/C18H17N7O3S/c1-9-5-6-11(14-22-25-10(2)20-21-17(25)29-14)7-13(9)19-8-12-15(26)23(3)18(28)24(4)16(12)27/h5-8,26H,1-4H3. The fourth-order valence-electron chi connectivity index (χ4n) is 2.82. The maximum Gasteiger partial charge on any atom is 0.333 e. The topological polar surface area (TPSA) is 120 Å². The molecular formula is C18H17N7O3S. The number of nitrogens with zero attached hydrogens (tertiary/aromatic N) is 7. The lowest BCUT2D eigenvalue weighted by atomic mass is 10.1. The first-order valence-electron chi connectivity index (χ1n) is 8.61. The molecule has 148 valence electrons. The molecule has 0 bridgehead atoms. The van der Waals surface area contributed by atoms with Gasteiger partial charge in [0.05, 0.1) is 5.69 Å². The van der Waals surface area contributed by atoms with E-state index in [2.05, 4.69) is 20.3 Å². The first-order valence-corrected chi connectivity index (χ1v) is 9.42. The van der Waals surface area contributed by atoms with Crippen LogP contribution in [0.2, 0.25) is 0 Å². The molecule has 11 heteroatoms. The third kappa shape index (κ3) is 3.05. The third-order valence-electron chi connectivity index (χ3n) is 4.60. The molecule has 0 saturated heterocycles. The highest BCUT2D eigenvalue weighted by Crippen LogP contribution is 2.30. The molecule has 0 fully saturated rings. The van der Waals surface area contributed by atoms with E-state index in [9.17, 15) is 14.7 Å². The van der Waals surface area contributed by atoms with Crippen LogP contribution in [0, 0.1) is 13.8 Å². The number of aromatic hydroxyl groups is 1. The number of fused-ring (bicyclic) bond motifs is 1. The van der Waals surface area contributed by atoms with Gasteiger partial charge in [0, 0.05) is 25.9 Å². The van der Waals surface area contributed by atoms with Gasteiger partial charge in [-0.1, -0.05) is 23.5 Å². The SMILES string of the molecule is Cc1ccc(-c2nn3c(C)nnc3s2)cc1N=Cc1c(O)n(C)c(=O)n(C)c1=O. The fourth-order valence-corrected chi connectivity index (χ4v) is 3.70. The highest BCUT2D eigenvalue weighted by molar-refractivity contribution is 7.19. The molecule has 0 aliphatic heterocycles. The van der Waals surface area contributed by atoms with Crippen LogP contribution >= 0.6 is 11.3 Å². The average Bonchev–Trinajstić information content (AvgIpc) is 3.28. The first-order chi connectivity index (χ1) is 13.8. The summed E-state index contributed by atoms with van der Waals surface area (Å²) in [5, 5.41) is 23.5. The summed E-state index contributed by atoms with van der Waals surface area (Å²) in [5.74, 6) is 0.272. The lowest BCUT2D eigenvalue weighted by molar-refractivity contribution is 0.410. The predicted octanol–water partition coefficient (Wildman–Crippen LogP) is 1.32. The second-order valence-corrected chi connectivity index (χ2v) is 7.51. The Morgan fingerprint density at radius 1 is 1.14 bits per heavy atom. The number of aryl methyl sites for hydroxylation is 2. The van der Waals surface area contributed by atoms with Gasteiger partial charge in [-0.25, -0.2) is 4.79 Å². The van der Waals surface area contributed by atoms with E-state index in [0.29, 0.717) is 16.5 Å². The van der Waals surface area contributed by atoms with Gasteiger partial charge in [0.25, 0.3) is 5.56 Å². The molecule has 3 aromatic heterocycles. The van der Waals surface area contributed by atoms with E-state index in [4.69, 9.17) is 0 Å². The van der Waals surface area contributed by atoms with E-state index in [1.54, 1.807) is 4.52 Å². The monoisotopic (exact) mass is 411 g/mol. The Kier molecular flexibility index (Phi) is 4.38. The van der Waals surface area contributed by atoms with Crippen LogP contribution in [-0.2, 0) is 14.1 Å². The number of hydrogen-bond acceptors (Lipinski definition) is 8. The lowest BCUT2D eigenvalue weighted by Crippen LogP contribution is -2.38. The molecule has 4 rings (SSSR count). The number of rotatable bonds is 3. The number of benzene rings is 1. The van der Waals surface area contributed by atoms with Crippen LogP contribution in [0.5, 0.6) is 5.88 Å². The molecule has 0 amide bonds. The molecular weight excluding hydrogens is 394 g/mol. The Morgan fingerprint density at radius 3 is 2.62 bits per heavy atom. The van der Waals surface area contributed by atoms with Crippen LogP contribution in [0.4, 0.5) is 5.69 Å². The quantitative estimate of drug-likeness (QED) is 0.508. The van der Waals surface area contributed by atoms with Crippen LogP contribution in [0.3, 0.4) is 0 Å². The van der Waals surface area contributed by atoms with Crippen molar-refractivity contribution in [1.82, 2.24) is 28.9 Å². The van der Waals surface area contributed by atoms with Crippen molar-refractivity contribution >= 4 is 28.2 Å². The van der Waals surface area contributed by atoms with Crippen molar-refractivity contribution in [3.05, 3.63) is 56.0 Å². The summed E-state index contributed by atoms with van der Waals surface area (Å²) < 4.78 is 3.59. The van der Waals surface area contributed by atoms with Crippen LogP contribution < -0.4 is 11.2 Å². The molecule has 1 N–H and O–H groups in total. The van der Waals surface area contributed by atoms with Gasteiger partial charge in [0.15, 0.2) is 5.82 Å². The first kappa shape index (κ1) is 18.7.